The van der Waals surface area contributed by atoms with Crippen LogP contribution in [0.25, 0.3) is 0 Å². The zero-order valence-electron chi connectivity index (χ0n) is 15.7. The molecule has 0 radical (unpaired) electrons. The Hall–Kier alpha value is -1.97. The maximum absolute atomic E-state index is 12.6. The summed E-state index contributed by atoms with van der Waals surface area (Å²) in [6.07, 6.45) is 3.56. The van der Waals surface area contributed by atoms with E-state index in [4.69, 9.17) is 0 Å². The topological polar surface area (TPSA) is 63.5 Å². The number of hydrogen-bond acceptors (Lipinski definition) is 5. The fraction of sp³-hybridized carbons (Fsp3) is 0.632. The lowest BCUT2D eigenvalue weighted by Crippen LogP contribution is -2.54. The van der Waals surface area contributed by atoms with Gasteiger partial charge in [-0.1, -0.05) is 13.8 Å². The SMILES string of the molecule is CC(C)[C@@H](C#N)N1CCN(C(=O)CN(C)[C@@H](C)c2ccncc2)CC1. The number of carbonyl (C=O) groups is 1. The fourth-order valence-electron chi connectivity index (χ4n) is 3.25. The summed E-state index contributed by atoms with van der Waals surface area (Å²) >= 11 is 0. The highest BCUT2D eigenvalue weighted by molar-refractivity contribution is 5.78. The van der Waals surface area contributed by atoms with Crippen LogP contribution in [0.1, 0.15) is 32.4 Å². The van der Waals surface area contributed by atoms with Crippen LogP contribution in [0.5, 0.6) is 0 Å². The summed E-state index contributed by atoms with van der Waals surface area (Å²) in [5, 5.41) is 9.33. The van der Waals surface area contributed by atoms with E-state index in [1.165, 1.54) is 0 Å². The maximum Gasteiger partial charge on any atom is 0.236 e. The molecule has 2 heterocycles. The van der Waals surface area contributed by atoms with Crippen molar-refractivity contribution in [3.8, 4) is 6.07 Å². The monoisotopic (exact) mass is 343 g/mol. The third kappa shape index (κ3) is 5.00. The first kappa shape index (κ1) is 19.4. The van der Waals surface area contributed by atoms with E-state index in [9.17, 15) is 10.1 Å². The van der Waals surface area contributed by atoms with Gasteiger partial charge in [-0.3, -0.25) is 19.6 Å². The van der Waals surface area contributed by atoms with Gasteiger partial charge in [-0.25, -0.2) is 0 Å². The second-order valence-corrected chi connectivity index (χ2v) is 7.11. The molecule has 6 heteroatoms. The molecule has 2 rings (SSSR count). The second kappa shape index (κ2) is 8.93. The third-order valence-electron chi connectivity index (χ3n) is 5.06. The number of aromatic nitrogens is 1. The number of likely N-dealkylation sites (N-methyl/N-ethyl adjacent to an activating group) is 1. The summed E-state index contributed by atoms with van der Waals surface area (Å²) in [4.78, 5) is 22.8. The molecule has 1 aromatic rings. The molecular weight excluding hydrogens is 314 g/mol. The Morgan fingerprint density at radius 2 is 1.84 bits per heavy atom. The second-order valence-electron chi connectivity index (χ2n) is 7.11. The molecule has 2 atom stereocenters. The van der Waals surface area contributed by atoms with Gasteiger partial charge in [0.05, 0.1) is 12.6 Å². The molecule has 0 unspecified atom stereocenters. The van der Waals surface area contributed by atoms with Crippen molar-refractivity contribution in [3.63, 3.8) is 0 Å². The van der Waals surface area contributed by atoms with Crippen LogP contribution in [0, 0.1) is 17.2 Å². The van der Waals surface area contributed by atoms with Crippen molar-refractivity contribution >= 4 is 5.91 Å². The molecule has 136 valence electrons. The summed E-state index contributed by atoms with van der Waals surface area (Å²) in [5.74, 6) is 0.459. The van der Waals surface area contributed by atoms with Crippen molar-refractivity contribution in [1.29, 1.82) is 5.26 Å². The predicted octanol–water partition coefficient (Wildman–Crippen LogP) is 1.77. The van der Waals surface area contributed by atoms with Crippen molar-refractivity contribution in [1.82, 2.24) is 19.7 Å². The van der Waals surface area contributed by atoms with Gasteiger partial charge in [-0.15, -0.1) is 0 Å². The van der Waals surface area contributed by atoms with Crippen LogP contribution in [-0.4, -0.2) is 71.4 Å². The molecular formula is C19H29N5O. The van der Waals surface area contributed by atoms with Gasteiger partial charge in [-0.2, -0.15) is 5.26 Å². The van der Waals surface area contributed by atoms with Crippen molar-refractivity contribution < 1.29 is 4.79 Å². The minimum absolute atomic E-state index is 0.0633. The summed E-state index contributed by atoms with van der Waals surface area (Å²) in [5.41, 5.74) is 1.16. The molecule has 0 N–H and O–H groups in total. The van der Waals surface area contributed by atoms with E-state index >= 15 is 0 Å². The van der Waals surface area contributed by atoms with E-state index in [1.807, 2.05) is 24.1 Å². The van der Waals surface area contributed by atoms with Crippen molar-refractivity contribution in [2.24, 2.45) is 5.92 Å². The normalized spacial score (nSPS) is 18.2. The molecule has 0 bridgehead atoms. The van der Waals surface area contributed by atoms with Gasteiger partial charge in [0.25, 0.3) is 0 Å². The third-order valence-corrected chi connectivity index (χ3v) is 5.06. The van der Waals surface area contributed by atoms with Crippen LogP contribution in [0.4, 0.5) is 0 Å². The van der Waals surface area contributed by atoms with Crippen LogP contribution in [0.3, 0.4) is 0 Å². The molecule has 1 aliphatic rings. The first-order valence-corrected chi connectivity index (χ1v) is 8.95. The first-order chi connectivity index (χ1) is 11.9. The summed E-state index contributed by atoms with van der Waals surface area (Å²) in [6.45, 7) is 9.57. The average Bonchev–Trinajstić information content (AvgIpc) is 2.62. The van der Waals surface area contributed by atoms with Crippen molar-refractivity contribution in [2.45, 2.75) is 32.9 Å². The number of pyridine rings is 1. The predicted molar refractivity (Wildman–Crippen MR) is 97.7 cm³/mol. The molecule has 1 aromatic heterocycles. The lowest BCUT2D eigenvalue weighted by atomic mass is 10.0. The minimum Gasteiger partial charge on any atom is -0.339 e. The van der Waals surface area contributed by atoms with Gasteiger partial charge >= 0.3 is 0 Å². The highest BCUT2D eigenvalue weighted by Crippen LogP contribution is 2.18. The van der Waals surface area contributed by atoms with E-state index in [2.05, 4.69) is 41.6 Å². The van der Waals surface area contributed by atoms with Crippen LogP contribution >= 0.6 is 0 Å². The Morgan fingerprint density at radius 1 is 1.24 bits per heavy atom. The number of carbonyl (C=O) groups excluding carboxylic acids is 1. The number of hydrogen-bond donors (Lipinski definition) is 0. The van der Waals surface area contributed by atoms with Gasteiger partial charge < -0.3 is 4.90 Å². The molecule has 6 nitrogen and oxygen atoms in total. The zero-order valence-corrected chi connectivity index (χ0v) is 15.7. The average molecular weight is 343 g/mol. The first-order valence-electron chi connectivity index (χ1n) is 8.95. The maximum atomic E-state index is 12.6. The van der Waals surface area contributed by atoms with Gasteiger partial charge in [-0.05, 0) is 37.6 Å². The van der Waals surface area contributed by atoms with Gasteiger partial charge in [0.2, 0.25) is 5.91 Å². The quantitative estimate of drug-likeness (QED) is 0.788. The Labute approximate surface area is 151 Å². The highest BCUT2D eigenvalue weighted by atomic mass is 16.2. The zero-order chi connectivity index (χ0) is 18.4. The Bertz CT molecular complexity index is 590. The van der Waals surface area contributed by atoms with Gasteiger partial charge in [0.1, 0.15) is 6.04 Å². The lowest BCUT2D eigenvalue weighted by Gasteiger charge is -2.39. The molecule has 0 aliphatic carbocycles. The van der Waals surface area contributed by atoms with E-state index < -0.39 is 0 Å². The fourth-order valence-corrected chi connectivity index (χ4v) is 3.25. The van der Waals surface area contributed by atoms with Gasteiger partial charge in [0, 0.05) is 44.6 Å². The van der Waals surface area contributed by atoms with E-state index in [-0.39, 0.29) is 18.0 Å². The van der Waals surface area contributed by atoms with Crippen LogP contribution < -0.4 is 0 Å². The Kier molecular flexibility index (Phi) is 6.91. The van der Waals surface area contributed by atoms with E-state index in [1.54, 1.807) is 12.4 Å². The van der Waals surface area contributed by atoms with Crippen LogP contribution in [0.15, 0.2) is 24.5 Å². The molecule has 1 saturated heterocycles. The Morgan fingerprint density at radius 3 is 2.36 bits per heavy atom. The van der Waals surface area contributed by atoms with Crippen molar-refractivity contribution in [2.75, 3.05) is 39.8 Å². The summed E-state index contributed by atoms with van der Waals surface area (Å²) in [7, 11) is 1.98. The molecule has 0 aromatic carbocycles. The molecule has 1 aliphatic heterocycles. The molecule has 0 saturated carbocycles. The minimum atomic E-state index is -0.0633. The molecule has 1 fully saturated rings. The summed E-state index contributed by atoms with van der Waals surface area (Å²) < 4.78 is 0. The number of nitrogens with zero attached hydrogens (tertiary/aromatic N) is 5. The smallest absolute Gasteiger partial charge is 0.236 e. The molecule has 0 spiro atoms. The van der Waals surface area contributed by atoms with E-state index in [0.717, 1.165) is 18.7 Å². The van der Waals surface area contributed by atoms with E-state index in [0.29, 0.717) is 25.6 Å². The van der Waals surface area contributed by atoms with Crippen molar-refractivity contribution in [3.05, 3.63) is 30.1 Å². The molecule has 25 heavy (non-hydrogen) atoms. The number of nitriles is 1. The number of piperazine rings is 1. The standard InChI is InChI=1S/C19H29N5O/c1-15(2)18(13-20)23-9-11-24(12-10-23)19(25)14-22(4)16(3)17-5-7-21-8-6-17/h5-8,15-16,18H,9-12,14H2,1-4H3/t16-,18+/m0/s1. The number of amides is 1. The highest BCUT2D eigenvalue weighted by Gasteiger charge is 2.28. The van der Waals surface area contributed by atoms with Gasteiger partial charge in [0.15, 0.2) is 0 Å². The van der Waals surface area contributed by atoms with Crippen LogP contribution in [-0.2, 0) is 4.79 Å². The lowest BCUT2D eigenvalue weighted by molar-refractivity contribution is -0.134. The Balaban J connectivity index is 1.85. The van der Waals surface area contributed by atoms with Crippen LogP contribution in [0.2, 0.25) is 0 Å². The molecule has 1 amide bonds. The largest absolute Gasteiger partial charge is 0.339 e. The summed E-state index contributed by atoms with van der Waals surface area (Å²) in [6, 6.07) is 6.46. The number of rotatable bonds is 6.